The second-order valence-electron chi connectivity index (χ2n) is 4.48. The monoisotopic (exact) mass is 218 g/mol. The summed E-state index contributed by atoms with van der Waals surface area (Å²) < 4.78 is 11.0. The van der Waals surface area contributed by atoms with Gasteiger partial charge in [0.2, 0.25) is 0 Å². The maximum atomic E-state index is 5.61. The number of hydrogen-bond acceptors (Lipinski definition) is 3. The van der Waals surface area contributed by atoms with Gasteiger partial charge in [-0.05, 0) is 32.4 Å². The summed E-state index contributed by atoms with van der Waals surface area (Å²) in [5.74, 6) is 0.956. The highest BCUT2D eigenvalue weighted by Gasteiger charge is 2.35. The predicted octanol–water partition coefficient (Wildman–Crippen LogP) is 2.53. The lowest BCUT2D eigenvalue weighted by atomic mass is 9.71. The molecule has 3 heteroatoms. The van der Waals surface area contributed by atoms with E-state index in [0.29, 0.717) is 24.7 Å². The molecule has 0 unspecified atom stereocenters. The minimum Gasteiger partial charge on any atom is -0.378 e. The zero-order valence-corrected chi connectivity index (χ0v) is 10.2. The van der Waals surface area contributed by atoms with Crippen LogP contribution < -0.4 is 0 Å². The van der Waals surface area contributed by atoms with E-state index < -0.39 is 0 Å². The molecule has 2 nitrogen and oxygen atoms in total. The van der Waals surface area contributed by atoms with Crippen molar-refractivity contribution in [2.75, 3.05) is 25.6 Å². The molecule has 0 amide bonds. The van der Waals surface area contributed by atoms with Crippen LogP contribution in [0.4, 0.5) is 0 Å². The summed E-state index contributed by atoms with van der Waals surface area (Å²) in [4.78, 5) is 0. The molecule has 0 saturated heterocycles. The first-order valence-electron chi connectivity index (χ1n) is 5.49. The number of thiol groups is 1. The van der Waals surface area contributed by atoms with Crippen LogP contribution in [-0.2, 0) is 9.47 Å². The van der Waals surface area contributed by atoms with E-state index in [9.17, 15) is 0 Å². The molecule has 0 radical (unpaired) electrons. The summed E-state index contributed by atoms with van der Waals surface area (Å²) in [7, 11) is 0. The molecule has 0 aliphatic heterocycles. The molecular weight excluding hydrogens is 196 g/mol. The Hall–Kier alpha value is 0.270. The molecule has 0 aromatic heterocycles. The van der Waals surface area contributed by atoms with Gasteiger partial charge in [-0.1, -0.05) is 6.42 Å². The first-order valence-corrected chi connectivity index (χ1v) is 6.12. The molecule has 0 atom stereocenters. The van der Waals surface area contributed by atoms with E-state index in [1.54, 1.807) is 0 Å². The molecule has 0 aromatic carbocycles. The largest absolute Gasteiger partial charge is 0.378 e. The number of rotatable bonds is 7. The predicted molar refractivity (Wildman–Crippen MR) is 62.0 cm³/mol. The van der Waals surface area contributed by atoms with Crippen molar-refractivity contribution in [3.63, 3.8) is 0 Å². The lowest BCUT2D eigenvalue weighted by Crippen LogP contribution is -2.36. The fourth-order valence-electron chi connectivity index (χ4n) is 1.66. The van der Waals surface area contributed by atoms with Gasteiger partial charge in [0.05, 0.1) is 25.9 Å². The highest BCUT2D eigenvalue weighted by molar-refractivity contribution is 7.80. The van der Waals surface area contributed by atoms with Crippen molar-refractivity contribution in [1.29, 1.82) is 0 Å². The second-order valence-corrected chi connectivity index (χ2v) is 4.80. The molecule has 84 valence electrons. The van der Waals surface area contributed by atoms with Gasteiger partial charge in [0.1, 0.15) is 0 Å². The quantitative estimate of drug-likeness (QED) is 0.523. The van der Waals surface area contributed by atoms with Gasteiger partial charge < -0.3 is 9.47 Å². The van der Waals surface area contributed by atoms with Crippen LogP contribution in [0.25, 0.3) is 0 Å². The molecule has 0 heterocycles. The summed E-state index contributed by atoms with van der Waals surface area (Å²) in [6, 6.07) is 0. The zero-order valence-electron chi connectivity index (χ0n) is 9.29. The summed E-state index contributed by atoms with van der Waals surface area (Å²) >= 11 is 4.38. The molecule has 1 rings (SSSR count). The molecule has 1 fully saturated rings. The topological polar surface area (TPSA) is 18.5 Å². The zero-order chi connectivity index (χ0) is 10.4. The van der Waals surface area contributed by atoms with E-state index in [4.69, 9.17) is 9.47 Å². The fourth-order valence-corrected chi connectivity index (χ4v) is 2.06. The van der Waals surface area contributed by atoms with Gasteiger partial charge in [-0.25, -0.2) is 0 Å². The Kier molecular flexibility index (Phi) is 5.28. The summed E-state index contributed by atoms with van der Waals surface area (Å²) in [6.07, 6.45) is 4.20. The van der Waals surface area contributed by atoms with Crippen LogP contribution in [0.3, 0.4) is 0 Å². The van der Waals surface area contributed by atoms with Crippen LogP contribution in [-0.4, -0.2) is 31.7 Å². The van der Waals surface area contributed by atoms with Crippen molar-refractivity contribution < 1.29 is 9.47 Å². The molecule has 0 N–H and O–H groups in total. The fraction of sp³-hybridized carbons (Fsp3) is 1.00. The van der Waals surface area contributed by atoms with E-state index >= 15 is 0 Å². The maximum absolute atomic E-state index is 5.61. The Labute approximate surface area is 92.8 Å². The molecule has 0 spiro atoms. The summed E-state index contributed by atoms with van der Waals surface area (Å²) in [5, 5.41) is 0. The van der Waals surface area contributed by atoms with Crippen LogP contribution in [0.5, 0.6) is 0 Å². The summed E-state index contributed by atoms with van der Waals surface area (Å²) in [5.41, 5.74) is 0.390. The van der Waals surface area contributed by atoms with Crippen LogP contribution in [0.1, 0.15) is 33.1 Å². The van der Waals surface area contributed by atoms with Gasteiger partial charge in [-0.3, -0.25) is 0 Å². The molecule has 1 aliphatic rings. The molecule has 1 saturated carbocycles. The highest BCUT2D eigenvalue weighted by Crippen LogP contribution is 2.41. The molecular formula is C11H22O2S. The second kappa shape index (κ2) is 5.99. The third-order valence-corrected chi connectivity index (χ3v) is 3.51. The Morgan fingerprint density at radius 1 is 1.29 bits per heavy atom. The summed E-state index contributed by atoms with van der Waals surface area (Å²) in [6.45, 7) is 6.37. The minimum atomic E-state index is 0.307. The Morgan fingerprint density at radius 3 is 2.43 bits per heavy atom. The normalized spacial score (nSPS) is 19.7. The van der Waals surface area contributed by atoms with Gasteiger partial charge in [0.15, 0.2) is 0 Å². The number of hydrogen-bond donors (Lipinski definition) is 1. The van der Waals surface area contributed by atoms with Crippen LogP contribution in [0, 0.1) is 5.41 Å². The van der Waals surface area contributed by atoms with Crippen molar-refractivity contribution in [3.8, 4) is 0 Å². The van der Waals surface area contributed by atoms with Crippen molar-refractivity contribution in [2.24, 2.45) is 5.41 Å². The Morgan fingerprint density at radius 2 is 2.00 bits per heavy atom. The van der Waals surface area contributed by atoms with E-state index in [1.807, 2.05) is 13.8 Å². The standard InChI is InChI=1S/C11H22O2S/c1-10(2)13-7-6-12-8-11(9-14)4-3-5-11/h10,14H,3-9H2,1-2H3. The molecule has 14 heavy (non-hydrogen) atoms. The van der Waals surface area contributed by atoms with Gasteiger partial charge in [0, 0.05) is 5.41 Å². The van der Waals surface area contributed by atoms with Crippen molar-refractivity contribution in [2.45, 2.75) is 39.2 Å². The van der Waals surface area contributed by atoms with Crippen molar-refractivity contribution >= 4 is 12.6 Å². The van der Waals surface area contributed by atoms with Crippen LogP contribution in [0.2, 0.25) is 0 Å². The third-order valence-electron chi connectivity index (χ3n) is 2.84. The molecule has 0 bridgehead atoms. The minimum absolute atomic E-state index is 0.307. The van der Waals surface area contributed by atoms with E-state index in [2.05, 4.69) is 12.6 Å². The third kappa shape index (κ3) is 3.79. The number of ether oxygens (including phenoxy) is 2. The molecule has 0 aromatic rings. The van der Waals surface area contributed by atoms with Gasteiger partial charge in [-0.15, -0.1) is 0 Å². The Balaban J connectivity index is 1.97. The van der Waals surface area contributed by atoms with Crippen LogP contribution >= 0.6 is 12.6 Å². The highest BCUT2D eigenvalue weighted by atomic mass is 32.1. The Bertz CT molecular complexity index is 150. The maximum Gasteiger partial charge on any atom is 0.0703 e. The first kappa shape index (κ1) is 12.3. The lowest BCUT2D eigenvalue weighted by molar-refractivity contribution is -0.0268. The SMILES string of the molecule is CC(C)OCCOCC1(CS)CCC1. The van der Waals surface area contributed by atoms with Gasteiger partial charge in [-0.2, -0.15) is 12.6 Å². The average Bonchev–Trinajstić information content (AvgIpc) is 2.08. The van der Waals surface area contributed by atoms with E-state index in [0.717, 1.165) is 12.4 Å². The van der Waals surface area contributed by atoms with E-state index in [-0.39, 0.29) is 0 Å². The van der Waals surface area contributed by atoms with Gasteiger partial charge in [0.25, 0.3) is 0 Å². The molecule has 1 aliphatic carbocycles. The average molecular weight is 218 g/mol. The van der Waals surface area contributed by atoms with Crippen molar-refractivity contribution in [3.05, 3.63) is 0 Å². The first-order chi connectivity index (χ1) is 6.68. The van der Waals surface area contributed by atoms with Crippen LogP contribution in [0.15, 0.2) is 0 Å². The van der Waals surface area contributed by atoms with E-state index in [1.165, 1.54) is 19.3 Å². The lowest BCUT2D eigenvalue weighted by Gasteiger charge is -2.40. The van der Waals surface area contributed by atoms with Gasteiger partial charge >= 0.3 is 0 Å². The van der Waals surface area contributed by atoms with Crippen molar-refractivity contribution in [1.82, 2.24) is 0 Å². The smallest absolute Gasteiger partial charge is 0.0703 e.